The SMILES string of the molecule is CCN(C(=O)OC(C)C)c1cccc(F)c1. The maximum atomic E-state index is 13.0. The van der Waals surface area contributed by atoms with Crippen molar-refractivity contribution in [3.63, 3.8) is 0 Å². The second-order valence-electron chi connectivity index (χ2n) is 3.66. The van der Waals surface area contributed by atoms with Crippen molar-refractivity contribution in [2.45, 2.75) is 26.9 Å². The molecule has 4 heteroatoms. The maximum absolute atomic E-state index is 13.0. The van der Waals surface area contributed by atoms with E-state index in [1.54, 1.807) is 26.0 Å². The molecule has 0 aliphatic heterocycles. The van der Waals surface area contributed by atoms with Gasteiger partial charge in [-0.3, -0.25) is 4.90 Å². The normalized spacial score (nSPS) is 10.3. The van der Waals surface area contributed by atoms with Gasteiger partial charge in [0.05, 0.1) is 6.10 Å². The molecule has 0 spiro atoms. The molecule has 1 aromatic carbocycles. The molecule has 0 aliphatic rings. The molecule has 1 rings (SSSR count). The van der Waals surface area contributed by atoms with Gasteiger partial charge in [0.1, 0.15) is 5.82 Å². The Morgan fingerprint density at radius 3 is 2.69 bits per heavy atom. The third-order valence-electron chi connectivity index (χ3n) is 1.99. The monoisotopic (exact) mass is 225 g/mol. The Hall–Kier alpha value is -1.58. The standard InChI is InChI=1S/C12H16FNO2/c1-4-14(12(15)16-9(2)3)11-7-5-6-10(13)8-11/h5-9H,4H2,1-3H3. The first-order valence-electron chi connectivity index (χ1n) is 5.28. The van der Waals surface area contributed by atoms with Crippen molar-refractivity contribution >= 4 is 11.8 Å². The van der Waals surface area contributed by atoms with Crippen molar-refractivity contribution in [3.8, 4) is 0 Å². The number of ether oxygens (including phenoxy) is 1. The second-order valence-corrected chi connectivity index (χ2v) is 3.66. The molecule has 0 heterocycles. The average molecular weight is 225 g/mol. The first kappa shape index (κ1) is 12.5. The average Bonchev–Trinajstić information content (AvgIpc) is 2.17. The highest BCUT2D eigenvalue weighted by molar-refractivity contribution is 5.87. The van der Waals surface area contributed by atoms with Gasteiger partial charge < -0.3 is 4.74 Å². The fourth-order valence-electron chi connectivity index (χ4n) is 1.33. The highest BCUT2D eigenvalue weighted by Gasteiger charge is 2.16. The molecular weight excluding hydrogens is 209 g/mol. The maximum Gasteiger partial charge on any atom is 0.414 e. The molecule has 0 bridgehead atoms. The molecule has 16 heavy (non-hydrogen) atoms. The van der Waals surface area contributed by atoms with Crippen LogP contribution in [0.1, 0.15) is 20.8 Å². The van der Waals surface area contributed by atoms with Gasteiger partial charge in [0, 0.05) is 12.2 Å². The van der Waals surface area contributed by atoms with E-state index in [-0.39, 0.29) is 11.9 Å². The van der Waals surface area contributed by atoms with Gasteiger partial charge in [-0.05, 0) is 39.0 Å². The number of benzene rings is 1. The number of carbonyl (C=O) groups is 1. The Kier molecular flexibility index (Phi) is 4.28. The molecule has 0 fully saturated rings. The van der Waals surface area contributed by atoms with Crippen LogP contribution in [-0.2, 0) is 4.74 Å². The van der Waals surface area contributed by atoms with Crippen LogP contribution in [-0.4, -0.2) is 18.7 Å². The van der Waals surface area contributed by atoms with Crippen molar-refractivity contribution in [1.29, 1.82) is 0 Å². The number of nitrogens with zero attached hydrogens (tertiary/aromatic N) is 1. The Labute approximate surface area is 94.8 Å². The van der Waals surface area contributed by atoms with Crippen LogP contribution in [0.4, 0.5) is 14.9 Å². The lowest BCUT2D eigenvalue weighted by Crippen LogP contribution is -2.32. The van der Waals surface area contributed by atoms with Gasteiger partial charge in [-0.25, -0.2) is 9.18 Å². The lowest BCUT2D eigenvalue weighted by molar-refractivity contribution is 0.123. The van der Waals surface area contributed by atoms with E-state index in [0.29, 0.717) is 12.2 Å². The van der Waals surface area contributed by atoms with Gasteiger partial charge in [-0.2, -0.15) is 0 Å². The van der Waals surface area contributed by atoms with E-state index >= 15 is 0 Å². The molecular formula is C12H16FNO2. The predicted molar refractivity (Wildman–Crippen MR) is 61.0 cm³/mol. The van der Waals surface area contributed by atoms with Crippen LogP contribution in [0.25, 0.3) is 0 Å². The largest absolute Gasteiger partial charge is 0.446 e. The summed E-state index contributed by atoms with van der Waals surface area (Å²) >= 11 is 0. The van der Waals surface area contributed by atoms with Crippen LogP contribution in [0, 0.1) is 5.82 Å². The fraction of sp³-hybridized carbons (Fsp3) is 0.417. The van der Waals surface area contributed by atoms with E-state index < -0.39 is 6.09 Å². The summed E-state index contributed by atoms with van der Waals surface area (Å²) < 4.78 is 18.1. The van der Waals surface area contributed by atoms with Gasteiger partial charge in [-0.1, -0.05) is 6.07 Å². The van der Waals surface area contributed by atoms with E-state index in [2.05, 4.69) is 0 Å². The molecule has 3 nitrogen and oxygen atoms in total. The van der Waals surface area contributed by atoms with E-state index in [1.165, 1.54) is 17.0 Å². The first-order valence-corrected chi connectivity index (χ1v) is 5.28. The zero-order valence-electron chi connectivity index (χ0n) is 9.74. The third-order valence-corrected chi connectivity index (χ3v) is 1.99. The number of anilines is 1. The van der Waals surface area contributed by atoms with Crippen LogP contribution in [0.3, 0.4) is 0 Å². The summed E-state index contributed by atoms with van der Waals surface area (Å²) in [7, 11) is 0. The minimum Gasteiger partial charge on any atom is -0.446 e. The van der Waals surface area contributed by atoms with E-state index in [0.717, 1.165) is 0 Å². The summed E-state index contributed by atoms with van der Waals surface area (Å²) in [6, 6.07) is 5.89. The minimum atomic E-state index is -0.455. The summed E-state index contributed by atoms with van der Waals surface area (Å²) in [5.41, 5.74) is 0.508. The minimum absolute atomic E-state index is 0.185. The number of hydrogen-bond donors (Lipinski definition) is 0. The Morgan fingerprint density at radius 1 is 1.50 bits per heavy atom. The van der Waals surface area contributed by atoms with Crippen LogP contribution in [0.15, 0.2) is 24.3 Å². The third kappa shape index (κ3) is 3.22. The topological polar surface area (TPSA) is 29.5 Å². The van der Waals surface area contributed by atoms with Gasteiger partial charge in [0.25, 0.3) is 0 Å². The van der Waals surface area contributed by atoms with E-state index in [4.69, 9.17) is 4.74 Å². The van der Waals surface area contributed by atoms with Crippen molar-refractivity contribution in [1.82, 2.24) is 0 Å². The van der Waals surface area contributed by atoms with Crippen LogP contribution >= 0.6 is 0 Å². The molecule has 0 N–H and O–H groups in total. The Balaban J connectivity index is 2.85. The summed E-state index contributed by atoms with van der Waals surface area (Å²) in [5, 5.41) is 0. The van der Waals surface area contributed by atoms with Gasteiger partial charge in [0.2, 0.25) is 0 Å². The molecule has 88 valence electrons. The highest BCUT2D eigenvalue weighted by Crippen LogP contribution is 2.16. The number of carbonyl (C=O) groups excluding carboxylic acids is 1. The number of hydrogen-bond acceptors (Lipinski definition) is 2. The molecule has 0 aromatic heterocycles. The molecule has 0 atom stereocenters. The van der Waals surface area contributed by atoms with Crippen LogP contribution in [0.5, 0.6) is 0 Å². The smallest absolute Gasteiger partial charge is 0.414 e. The lowest BCUT2D eigenvalue weighted by atomic mass is 10.3. The highest BCUT2D eigenvalue weighted by atomic mass is 19.1. The van der Waals surface area contributed by atoms with E-state index in [1.807, 2.05) is 6.92 Å². The summed E-state index contributed by atoms with van der Waals surface area (Å²) in [6.07, 6.45) is -0.641. The van der Waals surface area contributed by atoms with Gasteiger partial charge in [-0.15, -0.1) is 0 Å². The first-order chi connectivity index (χ1) is 7.54. The zero-order chi connectivity index (χ0) is 12.1. The fourth-order valence-corrected chi connectivity index (χ4v) is 1.33. The molecule has 1 amide bonds. The van der Waals surface area contributed by atoms with Crippen molar-refractivity contribution < 1.29 is 13.9 Å². The van der Waals surface area contributed by atoms with Crippen LogP contribution in [0.2, 0.25) is 0 Å². The molecule has 0 unspecified atom stereocenters. The number of amides is 1. The summed E-state index contributed by atoms with van der Waals surface area (Å²) in [4.78, 5) is 13.1. The number of rotatable bonds is 3. The van der Waals surface area contributed by atoms with Crippen LogP contribution < -0.4 is 4.90 Å². The summed E-state index contributed by atoms with van der Waals surface area (Å²) in [6.45, 7) is 5.80. The quantitative estimate of drug-likeness (QED) is 0.790. The Morgan fingerprint density at radius 2 is 2.19 bits per heavy atom. The molecule has 1 aromatic rings. The number of halogens is 1. The van der Waals surface area contributed by atoms with Crippen molar-refractivity contribution in [2.24, 2.45) is 0 Å². The molecule has 0 aliphatic carbocycles. The molecule has 0 saturated carbocycles. The zero-order valence-corrected chi connectivity index (χ0v) is 9.74. The molecule has 0 radical (unpaired) electrons. The van der Waals surface area contributed by atoms with Gasteiger partial charge >= 0.3 is 6.09 Å². The lowest BCUT2D eigenvalue weighted by Gasteiger charge is -2.21. The van der Waals surface area contributed by atoms with Crippen molar-refractivity contribution in [2.75, 3.05) is 11.4 Å². The second kappa shape index (κ2) is 5.49. The summed E-state index contributed by atoms with van der Waals surface area (Å²) in [5.74, 6) is -0.367. The Bertz CT molecular complexity index is 366. The van der Waals surface area contributed by atoms with E-state index in [9.17, 15) is 9.18 Å². The van der Waals surface area contributed by atoms with Gasteiger partial charge in [0.15, 0.2) is 0 Å². The van der Waals surface area contributed by atoms with Crippen molar-refractivity contribution in [3.05, 3.63) is 30.1 Å². The molecule has 0 saturated heterocycles. The predicted octanol–water partition coefficient (Wildman–Crippen LogP) is 3.20.